The highest BCUT2D eigenvalue weighted by molar-refractivity contribution is 5.83. The molecule has 0 bridgehead atoms. The molecule has 0 aromatic rings. The first-order chi connectivity index (χ1) is 7.58. The Morgan fingerprint density at radius 2 is 2.00 bits per heavy atom. The summed E-state index contributed by atoms with van der Waals surface area (Å²) in [7, 11) is 0. The van der Waals surface area contributed by atoms with Gasteiger partial charge in [-0.2, -0.15) is 0 Å². The minimum Gasteiger partial charge on any atom is -0.480 e. The van der Waals surface area contributed by atoms with E-state index in [4.69, 9.17) is 5.11 Å². The number of amides is 2. The molecule has 2 rings (SSSR count). The van der Waals surface area contributed by atoms with Crippen LogP contribution in [0.2, 0.25) is 0 Å². The Morgan fingerprint density at radius 1 is 1.31 bits per heavy atom. The number of hydrogen-bond donors (Lipinski definition) is 3. The van der Waals surface area contributed by atoms with Gasteiger partial charge in [-0.25, -0.2) is 9.59 Å². The largest absolute Gasteiger partial charge is 0.480 e. The molecule has 0 radical (unpaired) electrons. The third-order valence-corrected chi connectivity index (χ3v) is 3.26. The quantitative estimate of drug-likeness (QED) is 0.609. The van der Waals surface area contributed by atoms with Crippen LogP contribution in [-0.4, -0.2) is 51.8 Å². The molecular formula is C10H16N2O4. The monoisotopic (exact) mass is 228 g/mol. The molecule has 3 N–H and O–H groups in total. The third kappa shape index (κ3) is 2.11. The van der Waals surface area contributed by atoms with Gasteiger partial charge in [-0.1, -0.05) is 0 Å². The highest BCUT2D eigenvalue weighted by atomic mass is 16.4. The van der Waals surface area contributed by atoms with Crippen LogP contribution in [0.25, 0.3) is 0 Å². The van der Waals surface area contributed by atoms with Gasteiger partial charge in [-0.3, -0.25) is 0 Å². The van der Waals surface area contributed by atoms with Gasteiger partial charge in [-0.15, -0.1) is 0 Å². The summed E-state index contributed by atoms with van der Waals surface area (Å²) in [4.78, 5) is 23.9. The number of aliphatic hydroxyl groups excluding tert-OH is 1. The van der Waals surface area contributed by atoms with Crippen molar-refractivity contribution in [1.29, 1.82) is 0 Å². The predicted molar refractivity (Wildman–Crippen MR) is 54.9 cm³/mol. The van der Waals surface area contributed by atoms with Crippen LogP contribution < -0.4 is 5.32 Å². The van der Waals surface area contributed by atoms with Crippen molar-refractivity contribution in [3.63, 3.8) is 0 Å². The van der Waals surface area contributed by atoms with Crippen LogP contribution in [0.15, 0.2) is 0 Å². The number of carboxylic acids is 1. The van der Waals surface area contributed by atoms with Gasteiger partial charge in [0.25, 0.3) is 0 Å². The molecule has 1 aliphatic heterocycles. The minimum atomic E-state index is -1.06. The van der Waals surface area contributed by atoms with Gasteiger partial charge in [0.2, 0.25) is 0 Å². The summed E-state index contributed by atoms with van der Waals surface area (Å²) in [5.41, 5.74) is 0. The second-order valence-corrected chi connectivity index (χ2v) is 4.47. The molecule has 1 heterocycles. The zero-order valence-corrected chi connectivity index (χ0v) is 8.93. The Bertz CT molecular complexity index is 303. The first-order valence-electron chi connectivity index (χ1n) is 5.56. The molecule has 6 nitrogen and oxygen atoms in total. The zero-order chi connectivity index (χ0) is 11.7. The maximum Gasteiger partial charge on any atom is 0.326 e. The highest BCUT2D eigenvalue weighted by Crippen LogP contribution is 2.21. The van der Waals surface area contributed by atoms with Crippen LogP contribution in [0, 0.1) is 0 Å². The van der Waals surface area contributed by atoms with Gasteiger partial charge >= 0.3 is 12.0 Å². The van der Waals surface area contributed by atoms with E-state index in [0.29, 0.717) is 0 Å². The van der Waals surface area contributed by atoms with Crippen molar-refractivity contribution in [3.8, 4) is 0 Å². The van der Waals surface area contributed by atoms with E-state index in [-0.39, 0.29) is 25.0 Å². The van der Waals surface area contributed by atoms with Crippen LogP contribution >= 0.6 is 0 Å². The van der Waals surface area contributed by atoms with Crippen molar-refractivity contribution >= 4 is 12.0 Å². The SMILES string of the molecule is O=C(O)[C@H]1C[C@@H](O)CN1C(=O)NC1CCC1. The molecule has 16 heavy (non-hydrogen) atoms. The van der Waals surface area contributed by atoms with Crippen LogP contribution in [-0.2, 0) is 4.79 Å². The van der Waals surface area contributed by atoms with Crippen LogP contribution in [0.4, 0.5) is 4.79 Å². The molecule has 1 saturated heterocycles. The molecule has 0 unspecified atom stereocenters. The Morgan fingerprint density at radius 3 is 2.50 bits per heavy atom. The summed E-state index contributed by atoms with van der Waals surface area (Å²) in [6, 6.07) is -1.08. The number of aliphatic hydroxyl groups is 1. The second kappa shape index (κ2) is 4.29. The molecule has 2 aliphatic rings. The standard InChI is InChI=1S/C10H16N2O4/c13-7-4-8(9(14)15)12(5-7)10(16)11-6-2-1-3-6/h6-8,13H,1-5H2,(H,11,16)(H,14,15)/t7-,8-/m1/s1. The van der Waals surface area contributed by atoms with E-state index in [1.165, 1.54) is 4.90 Å². The Labute approximate surface area is 93.2 Å². The molecule has 0 spiro atoms. The Kier molecular flexibility index (Phi) is 3.00. The Balaban J connectivity index is 1.95. The van der Waals surface area contributed by atoms with E-state index in [1.54, 1.807) is 0 Å². The molecule has 0 aromatic heterocycles. The molecule has 6 heteroatoms. The van der Waals surface area contributed by atoms with Crippen LogP contribution in [0.3, 0.4) is 0 Å². The maximum atomic E-state index is 11.7. The van der Waals surface area contributed by atoms with Crippen molar-refractivity contribution in [3.05, 3.63) is 0 Å². The van der Waals surface area contributed by atoms with Gasteiger partial charge in [0.05, 0.1) is 6.10 Å². The van der Waals surface area contributed by atoms with E-state index in [2.05, 4.69) is 5.32 Å². The normalized spacial score (nSPS) is 29.9. The van der Waals surface area contributed by atoms with Crippen molar-refractivity contribution in [2.24, 2.45) is 0 Å². The van der Waals surface area contributed by atoms with E-state index < -0.39 is 18.1 Å². The highest BCUT2D eigenvalue weighted by Gasteiger charge is 2.39. The molecule has 90 valence electrons. The number of nitrogens with zero attached hydrogens (tertiary/aromatic N) is 1. The molecule has 1 saturated carbocycles. The average molecular weight is 228 g/mol. The molecule has 1 aliphatic carbocycles. The fourth-order valence-corrected chi connectivity index (χ4v) is 2.08. The van der Waals surface area contributed by atoms with Crippen LogP contribution in [0.1, 0.15) is 25.7 Å². The number of aliphatic carboxylic acids is 1. The second-order valence-electron chi connectivity index (χ2n) is 4.47. The number of likely N-dealkylation sites (tertiary alicyclic amines) is 1. The van der Waals surface area contributed by atoms with Gasteiger partial charge in [0.1, 0.15) is 6.04 Å². The lowest BCUT2D eigenvalue weighted by molar-refractivity contribution is -0.141. The molecule has 2 fully saturated rings. The number of carboxylic acid groups (broad SMARTS) is 1. The summed E-state index contributed by atoms with van der Waals surface area (Å²) in [6.07, 6.45) is 2.41. The van der Waals surface area contributed by atoms with Crippen molar-refractivity contribution in [2.75, 3.05) is 6.54 Å². The zero-order valence-electron chi connectivity index (χ0n) is 8.93. The lowest BCUT2D eigenvalue weighted by atomic mass is 9.93. The number of carbonyl (C=O) groups is 2. The average Bonchev–Trinajstić information content (AvgIpc) is 2.53. The van der Waals surface area contributed by atoms with Gasteiger partial charge in [0.15, 0.2) is 0 Å². The van der Waals surface area contributed by atoms with E-state index in [1.807, 2.05) is 0 Å². The van der Waals surface area contributed by atoms with Gasteiger partial charge in [-0.05, 0) is 19.3 Å². The van der Waals surface area contributed by atoms with Crippen molar-refractivity contribution in [1.82, 2.24) is 10.2 Å². The minimum absolute atomic E-state index is 0.107. The number of rotatable bonds is 2. The summed E-state index contributed by atoms with van der Waals surface area (Å²) in [5, 5.41) is 21.1. The number of nitrogens with one attached hydrogen (secondary N) is 1. The predicted octanol–water partition coefficient (Wildman–Crippen LogP) is -0.232. The molecule has 0 aromatic carbocycles. The van der Waals surface area contributed by atoms with Gasteiger partial charge in [0, 0.05) is 19.0 Å². The summed E-state index contributed by atoms with van der Waals surface area (Å²) in [6.45, 7) is 0.107. The number of urea groups is 1. The van der Waals surface area contributed by atoms with E-state index in [9.17, 15) is 14.7 Å². The molecule has 2 atom stereocenters. The lowest BCUT2D eigenvalue weighted by Gasteiger charge is -2.30. The van der Waals surface area contributed by atoms with Crippen LogP contribution in [0.5, 0.6) is 0 Å². The summed E-state index contributed by atoms with van der Waals surface area (Å²) in [5.74, 6) is -1.06. The maximum absolute atomic E-state index is 11.7. The summed E-state index contributed by atoms with van der Waals surface area (Å²) < 4.78 is 0. The number of hydrogen-bond acceptors (Lipinski definition) is 3. The molecule has 2 amide bonds. The Hall–Kier alpha value is -1.30. The van der Waals surface area contributed by atoms with Crippen molar-refractivity contribution < 1.29 is 19.8 Å². The fourth-order valence-electron chi connectivity index (χ4n) is 2.08. The first-order valence-corrected chi connectivity index (χ1v) is 5.56. The molecular weight excluding hydrogens is 212 g/mol. The lowest BCUT2D eigenvalue weighted by Crippen LogP contribution is -2.50. The van der Waals surface area contributed by atoms with Gasteiger partial charge < -0.3 is 20.4 Å². The van der Waals surface area contributed by atoms with E-state index >= 15 is 0 Å². The van der Waals surface area contributed by atoms with Crippen molar-refractivity contribution in [2.45, 2.75) is 43.9 Å². The number of carbonyl (C=O) groups excluding carboxylic acids is 1. The topological polar surface area (TPSA) is 89.9 Å². The van der Waals surface area contributed by atoms with E-state index in [0.717, 1.165) is 19.3 Å². The third-order valence-electron chi connectivity index (χ3n) is 3.26. The first kappa shape index (κ1) is 11.2. The smallest absolute Gasteiger partial charge is 0.326 e. The fraction of sp³-hybridized carbons (Fsp3) is 0.800. The summed E-state index contributed by atoms with van der Waals surface area (Å²) >= 11 is 0. The number of β-amino-alcohol motifs (C(OH)–C–C–N with tert-alkyl or cyclic N) is 1.